The van der Waals surface area contributed by atoms with Gasteiger partial charge in [0.15, 0.2) is 6.61 Å². The zero-order valence-electron chi connectivity index (χ0n) is 17.4. The molecule has 1 aromatic carbocycles. The highest BCUT2D eigenvalue weighted by molar-refractivity contribution is 5.96. The van der Waals surface area contributed by atoms with Crippen LogP contribution < -0.4 is 10.2 Å². The third-order valence-corrected chi connectivity index (χ3v) is 7.68. The molecule has 1 aliphatic heterocycles. The van der Waals surface area contributed by atoms with Crippen LogP contribution in [-0.4, -0.2) is 37.5 Å². The van der Waals surface area contributed by atoms with Crippen LogP contribution in [0.5, 0.6) is 0 Å². The van der Waals surface area contributed by atoms with Crippen molar-refractivity contribution >= 4 is 23.5 Å². The number of benzene rings is 1. The third-order valence-electron chi connectivity index (χ3n) is 7.68. The van der Waals surface area contributed by atoms with Crippen LogP contribution in [0.1, 0.15) is 50.5 Å². The summed E-state index contributed by atoms with van der Waals surface area (Å²) in [5.74, 6) is 1.28. The SMILES string of the molecule is O=C(CNC(=O)C12CC3CC(CC(C3)C1)C2)OCC(=O)N1CCCc2ccccc21. The molecular weight excluding hydrogens is 380 g/mol. The molecule has 1 heterocycles. The van der Waals surface area contributed by atoms with Crippen LogP contribution >= 0.6 is 0 Å². The number of carbonyl (C=O) groups excluding carboxylic acids is 3. The van der Waals surface area contributed by atoms with Crippen molar-refractivity contribution in [2.75, 3.05) is 24.6 Å². The van der Waals surface area contributed by atoms with E-state index in [4.69, 9.17) is 4.74 Å². The lowest BCUT2D eigenvalue weighted by Gasteiger charge is -2.55. The highest BCUT2D eigenvalue weighted by Crippen LogP contribution is 2.60. The van der Waals surface area contributed by atoms with Gasteiger partial charge < -0.3 is 15.0 Å². The van der Waals surface area contributed by atoms with E-state index in [1.807, 2.05) is 24.3 Å². The minimum Gasteiger partial charge on any atom is -0.454 e. The van der Waals surface area contributed by atoms with Crippen molar-refractivity contribution in [1.82, 2.24) is 5.32 Å². The van der Waals surface area contributed by atoms with Gasteiger partial charge >= 0.3 is 5.97 Å². The van der Waals surface area contributed by atoms with Crippen molar-refractivity contribution in [3.63, 3.8) is 0 Å². The number of carbonyl (C=O) groups is 3. The molecule has 6 nitrogen and oxygen atoms in total. The zero-order chi connectivity index (χ0) is 20.7. The van der Waals surface area contributed by atoms with Crippen molar-refractivity contribution in [3.05, 3.63) is 29.8 Å². The number of ether oxygens (including phenoxy) is 1. The second-order valence-corrected chi connectivity index (χ2v) is 9.82. The van der Waals surface area contributed by atoms with Crippen molar-refractivity contribution in [3.8, 4) is 0 Å². The molecule has 1 N–H and O–H groups in total. The van der Waals surface area contributed by atoms with Gasteiger partial charge in [0.05, 0.1) is 0 Å². The summed E-state index contributed by atoms with van der Waals surface area (Å²) in [6.07, 6.45) is 8.57. The Bertz CT molecular complexity index is 829. The van der Waals surface area contributed by atoms with Gasteiger partial charge in [0.2, 0.25) is 5.91 Å². The smallest absolute Gasteiger partial charge is 0.325 e. The fourth-order valence-corrected chi connectivity index (χ4v) is 6.79. The van der Waals surface area contributed by atoms with Crippen molar-refractivity contribution in [2.24, 2.45) is 23.2 Å². The minimum atomic E-state index is -0.549. The number of nitrogens with zero attached hydrogens (tertiary/aromatic N) is 1. The number of fused-ring (bicyclic) bond motifs is 1. The third kappa shape index (κ3) is 3.61. The molecule has 4 aliphatic carbocycles. The lowest BCUT2D eigenvalue weighted by molar-refractivity contribution is -0.152. The maximum absolute atomic E-state index is 12.9. The fourth-order valence-electron chi connectivity index (χ4n) is 6.79. The van der Waals surface area contributed by atoms with Crippen LogP contribution in [-0.2, 0) is 25.5 Å². The summed E-state index contributed by atoms with van der Waals surface area (Å²) in [6.45, 7) is 0.182. The van der Waals surface area contributed by atoms with Gasteiger partial charge in [0, 0.05) is 17.6 Å². The maximum atomic E-state index is 12.9. The van der Waals surface area contributed by atoms with Crippen LogP contribution in [0.3, 0.4) is 0 Å². The second kappa shape index (κ2) is 7.71. The van der Waals surface area contributed by atoms with Crippen LogP contribution in [0.4, 0.5) is 5.69 Å². The Hall–Kier alpha value is -2.37. The highest BCUT2D eigenvalue weighted by atomic mass is 16.5. The molecule has 0 saturated heterocycles. The standard InChI is InChI=1S/C24H30N2O4/c27-21(26-7-3-5-19-4-1-2-6-20(19)26)15-30-22(28)14-25-23(29)24-11-16-8-17(12-24)10-18(9-16)13-24/h1-2,4,6,16-18H,3,5,7-15H2,(H,25,29). The maximum Gasteiger partial charge on any atom is 0.325 e. The molecule has 6 rings (SSSR count). The lowest BCUT2D eigenvalue weighted by atomic mass is 9.49. The number of hydrogen-bond donors (Lipinski definition) is 1. The summed E-state index contributed by atoms with van der Waals surface area (Å²) < 4.78 is 5.20. The predicted octanol–water partition coefficient (Wildman–Crippen LogP) is 2.84. The Kier molecular flexibility index (Phi) is 5.03. The van der Waals surface area contributed by atoms with E-state index in [-0.39, 0.29) is 30.4 Å². The first kappa shape index (κ1) is 19.6. The van der Waals surface area contributed by atoms with Gasteiger partial charge in [-0.3, -0.25) is 14.4 Å². The Balaban J connectivity index is 1.12. The topological polar surface area (TPSA) is 75.7 Å². The molecule has 30 heavy (non-hydrogen) atoms. The van der Waals surface area contributed by atoms with Gasteiger partial charge in [0.25, 0.3) is 5.91 Å². The molecule has 4 saturated carbocycles. The minimum absolute atomic E-state index is 0.00911. The van der Waals surface area contributed by atoms with E-state index >= 15 is 0 Å². The first-order chi connectivity index (χ1) is 14.5. The molecule has 0 aromatic heterocycles. The Morgan fingerprint density at radius 2 is 1.70 bits per heavy atom. The highest BCUT2D eigenvalue weighted by Gasteiger charge is 2.54. The van der Waals surface area contributed by atoms with Gasteiger partial charge in [-0.15, -0.1) is 0 Å². The molecule has 2 amide bonds. The number of para-hydroxylation sites is 1. The number of esters is 1. The quantitative estimate of drug-likeness (QED) is 0.758. The monoisotopic (exact) mass is 410 g/mol. The molecule has 4 fully saturated rings. The molecule has 0 unspecified atom stereocenters. The summed E-state index contributed by atoms with van der Waals surface area (Å²) in [5.41, 5.74) is 1.77. The summed E-state index contributed by atoms with van der Waals surface area (Å²) in [7, 11) is 0. The van der Waals surface area contributed by atoms with Crippen molar-refractivity contribution in [2.45, 2.75) is 51.4 Å². The Morgan fingerprint density at radius 3 is 2.40 bits per heavy atom. The first-order valence-electron chi connectivity index (χ1n) is 11.3. The van der Waals surface area contributed by atoms with E-state index in [9.17, 15) is 14.4 Å². The van der Waals surface area contributed by atoms with Crippen molar-refractivity contribution in [1.29, 1.82) is 0 Å². The molecule has 160 valence electrons. The van der Waals surface area contributed by atoms with Crippen LogP contribution in [0.2, 0.25) is 0 Å². The number of amides is 2. The average molecular weight is 411 g/mol. The van der Waals surface area contributed by atoms with E-state index in [0.29, 0.717) is 24.3 Å². The molecule has 0 spiro atoms. The van der Waals surface area contributed by atoms with E-state index in [2.05, 4.69) is 5.32 Å². The summed E-state index contributed by atoms with van der Waals surface area (Å²) in [6, 6.07) is 7.84. The summed E-state index contributed by atoms with van der Waals surface area (Å²) in [5, 5.41) is 2.82. The lowest BCUT2D eigenvalue weighted by Crippen LogP contribution is -2.54. The molecular formula is C24H30N2O4. The van der Waals surface area contributed by atoms with Crippen LogP contribution in [0.25, 0.3) is 0 Å². The number of anilines is 1. The number of aryl methyl sites for hydroxylation is 1. The Morgan fingerprint density at radius 1 is 1.03 bits per heavy atom. The van der Waals surface area contributed by atoms with Gasteiger partial charge in [-0.1, -0.05) is 18.2 Å². The molecule has 5 aliphatic rings. The molecule has 6 heteroatoms. The average Bonchev–Trinajstić information content (AvgIpc) is 2.74. The van der Waals surface area contributed by atoms with Crippen LogP contribution in [0, 0.1) is 23.2 Å². The van der Waals surface area contributed by atoms with E-state index in [0.717, 1.165) is 43.4 Å². The molecule has 0 atom stereocenters. The molecule has 4 bridgehead atoms. The summed E-state index contributed by atoms with van der Waals surface area (Å²) >= 11 is 0. The van der Waals surface area contributed by atoms with Gasteiger partial charge in [-0.2, -0.15) is 0 Å². The van der Waals surface area contributed by atoms with Crippen molar-refractivity contribution < 1.29 is 19.1 Å². The number of nitrogens with one attached hydrogen (secondary N) is 1. The second-order valence-electron chi connectivity index (χ2n) is 9.82. The van der Waals surface area contributed by atoms with E-state index in [1.54, 1.807) is 4.90 Å². The zero-order valence-corrected chi connectivity index (χ0v) is 17.4. The van der Waals surface area contributed by atoms with E-state index in [1.165, 1.54) is 19.3 Å². The van der Waals surface area contributed by atoms with Gasteiger partial charge in [-0.05, 0) is 80.8 Å². The largest absolute Gasteiger partial charge is 0.454 e. The summed E-state index contributed by atoms with van der Waals surface area (Å²) in [4.78, 5) is 39.4. The predicted molar refractivity (Wildman–Crippen MR) is 112 cm³/mol. The first-order valence-corrected chi connectivity index (χ1v) is 11.3. The fraction of sp³-hybridized carbons (Fsp3) is 0.625. The van der Waals surface area contributed by atoms with Gasteiger partial charge in [-0.25, -0.2) is 0 Å². The normalized spacial score (nSPS) is 31.2. The molecule has 0 radical (unpaired) electrons. The van der Waals surface area contributed by atoms with Crippen LogP contribution in [0.15, 0.2) is 24.3 Å². The van der Waals surface area contributed by atoms with E-state index < -0.39 is 5.97 Å². The molecule has 1 aromatic rings. The van der Waals surface area contributed by atoms with Gasteiger partial charge in [0.1, 0.15) is 6.54 Å². The number of rotatable bonds is 5. The number of hydrogen-bond acceptors (Lipinski definition) is 4. The Labute approximate surface area is 177 Å².